The summed E-state index contributed by atoms with van der Waals surface area (Å²) in [5.74, 6) is 0.531. The minimum absolute atomic E-state index is 0.132. The molecule has 0 aliphatic rings. The molecule has 0 spiro atoms. The van der Waals surface area contributed by atoms with Crippen molar-refractivity contribution in [2.75, 3.05) is 13.2 Å². The van der Waals surface area contributed by atoms with Crippen LogP contribution in [0.15, 0.2) is 33.8 Å². The summed E-state index contributed by atoms with van der Waals surface area (Å²) in [7, 11) is 0. The molecule has 2 rings (SSSR count). The molecule has 2 aromatic rings. The van der Waals surface area contributed by atoms with Crippen LogP contribution in [0.25, 0.3) is 21.4 Å². The van der Waals surface area contributed by atoms with E-state index < -0.39 is 0 Å². The predicted molar refractivity (Wildman–Crippen MR) is 60.4 cm³/mol. The van der Waals surface area contributed by atoms with Gasteiger partial charge in [0.05, 0.1) is 18.5 Å². The lowest BCUT2D eigenvalue weighted by atomic mass is 10.2. The number of furan rings is 1. The Labute approximate surface area is 96.6 Å². The van der Waals surface area contributed by atoms with Gasteiger partial charge in [0, 0.05) is 4.91 Å². The molecule has 0 aliphatic heterocycles. The third-order valence-electron chi connectivity index (χ3n) is 2.15. The van der Waals surface area contributed by atoms with Crippen LogP contribution >= 0.6 is 0 Å². The third-order valence-corrected chi connectivity index (χ3v) is 2.15. The van der Waals surface area contributed by atoms with Crippen molar-refractivity contribution in [3.63, 3.8) is 0 Å². The highest BCUT2D eigenvalue weighted by molar-refractivity contribution is 5.86. The molecule has 1 aromatic heterocycles. The van der Waals surface area contributed by atoms with Gasteiger partial charge in [-0.2, -0.15) is 5.26 Å². The number of rotatable bonds is 4. The molecule has 0 fully saturated rings. The molecule has 6 heteroatoms. The van der Waals surface area contributed by atoms with E-state index in [0.29, 0.717) is 11.3 Å². The summed E-state index contributed by atoms with van der Waals surface area (Å²) in [6.45, 7) is 0.420. The molecule has 17 heavy (non-hydrogen) atoms. The first kappa shape index (κ1) is 10.9. The van der Waals surface area contributed by atoms with Gasteiger partial charge in [-0.1, -0.05) is 17.2 Å². The zero-order chi connectivity index (χ0) is 12.1. The zero-order valence-corrected chi connectivity index (χ0v) is 8.83. The van der Waals surface area contributed by atoms with E-state index in [1.165, 1.54) is 0 Å². The number of para-hydroxylation sites is 1. The van der Waals surface area contributed by atoms with Crippen LogP contribution in [0.2, 0.25) is 0 Å². The minimum atomic E-state index is 0.132. The number of hydrogen-bond donors (Lipinski definition) is 0. The van der Waals surface area contributed by atoms with Crippen LogP contribution in [0.4, 0.5) is 0 Å². The lowest BCUT2D eigenvalue weighted by molar-refractivity contribution is 0.325. The molecule has 84 valence electrons. The molecule has 0 saturated carbocycles. The number of hydrogen-bond acceptors (Lipinski definition) is 4. The summed E-state index contributed by atoms with van der Waals surface area (Å²) in [4.78, 5) is 2.62. The number of nitriles is 1. The van der Waals surface area contributed by atoms with Crippen molar-refractivity contribution in [3.8, 4) is 11.8 Å². The molecule has 0 amide bonds. The Bertz CT molecular complexity index is 620. The van der Waals surface area contributed by atoms with E-state index in [1.807, 2.05) is 24.3 Å². The van der Waals surface area contributed by atoms with Gasteiger partial charge in [0.15, 0.2) is 5.75 Å². The maximum atomic E-state index is 8.92. The Morgan fingerprint density at radius 3 is 3.06 bits per heavy atom. The van der Waals surface area contributed by atoms with E-state index in [4.69, 9.17) is 19.9 Å². The fourth-order valence-electron chi connectivity index (χ4n) is 1.47. The molecule has 0 N–H and O–H groups in total. The van der Waals surface area contributed by atoms with Crippen molar-refractivity contribution < 1.29 is 9.15 Å². The molecule has 1 heterocycles. The van der Waals surface area contributed by atoms with Crippen LogP contribution in [0.5, 0.6) is 5.75 Å². The number of azide groups is 1. The van der Waals surface area contributed by atoms with Crippen LogP contribution in [0.3, 0.4) is 0 Å². The summed E-state index contributed by atoms with van der Waals surface area (Å²) in [6, 6.07) is 9.15. The lowest BCUT2D eigenvalue weighted by Crippen LogP contribution is -2.00. The largest absolute Gasteiger partial charge is 0.488 e. The highest BCUT2D eigenvalue weighted by Gasteiger charge is 2.14. The van der Waals surface area contributed by atoms with Crippen molar-refractivity contribution in [2.45, 2.75) is 0 Å². The first-order valence-electron chi connectivity index (χ1n) is 4.92. The Morgan fingerprint density at radius 2 is 2.29 bits per heavy atom. The van der Waals surface area contributed by atoms with E-state index in [2.05, 4.69) is 10.0 Å². The fourth-order valence-corrected chi connectivity index (χ4v) is 1.47. The van der Waals surface area contributed by atoms with Crippen LogP contribution < -0.4 is 4.74 Å². The highest BCUT2D eigenvalue weighted by Crippen LogP contribution is 2.32. The maximum absolute atomic E-state index is 8.92. The second kappa shape index (κ2) is 4.92. The predicted octanol–water partition coefficient (Wildman–Crippen LogP) is 2.99. The monoisotopic (exact) mass is 228 g/mol. The smallest absolute Gasteiger partial charge is 0.246 e. The van der Waals surface area contributed by atoms with E-state index >= 15 is 0 Å². The normalized spacial score (nSPS) is 9.59. The van der Waals surface area contributed by atoms with Crippen LogP contribution in [0, 0.1) is 11.3 Å². The van der Waals surface area contributed by atoms with Gasteiger partial charge in [-0.3, -0.25) is 0 Å². The molecule has 0 unspecified atom stereocenters. The van der Waals surface area contributed by atoms with Gasteiger partial charge in [-0.25, -0.2) is 0 Å². The molecule has 0 radical (unpaired) electrons. The van der Waals surface area contributed by atoms with E-state index in [9.17, 15) is 0 Å². The minimum Gasteiger partial charge on any atom is -0.488 e. The van der Waals surface area contributed by atoms with E-state index in [0.717, 1.165) is 5.39 Å². The van der Waals surface area contributed by atoms with E-state index in [1.54, 1.807) is 6.07 Å². The average molecular weight is 228 g/mol. The van der Waals surface area contributed by atoms with Crippen molar-refractivity contribution in [2.24, 2.45) is 5.11 Å². The fraction of sp³-hybridized carbons (Fsp3) is 0.182. The molecule has 0 saturated heterocycles. The van der Waals surface area contributed by atoms with Crippen LogP contribution in [0.1, 0.15) is 5.76 Å². The van der Waals surface area contributed by atoms with Gasteiger partial charge in [0.1, 0.15) is 11.7 Å². The van der Waals surface area contributed by atoms with Gasteiger partial charge in [-0.05, 0) is 17.7 Å². The standard InChI is InChI=1S/C11H8N4O2/c12-7-10-11(16-6-5-14-15-13)8-3-1-2-4-9(8)17-10/h1-4H,5-6H2. The van der Waals surface area contributed by atoms with Crippen molar-refractivity contribution >= 4 is 11.0 Å². The zero-order valence-electron chi connectivity index (χ0n) is 8.83. The van der Waals surface area contributed by atoms with Crippen LogP contribution in [-0.2, 0) is 0 Å². The topological polar surface area (TPSA) is 94.9 Å². The summed E-state index contributed by atoms with van der Waals surface area (Å²) in [5.41, 5.74) is 8.73. The summed E-state index contributed by atoms with van der Waals surface area (Å²) in [5, 5.41) is 13.0. The molecular weight excluding hydrogens is 220 g/mol. The molecule has 0 atom stereocenters. The third kappa shape index (κ3) is 2.14. The van der Waals surface area contributed by atoms with Crippen molar-refractivity contribution in [1.82, 2.24) is 0 Å². The number of fused-ring (bicyclic) bond motifs is 1. The first-order chi connectivity index (χ1) is 8.36. The number of ether oxygens (including phenoxy) is 1. The average Bonchev–Trinajstić information content (AvgIpc) is 2.73. The molecule has 1 aromatic carbocycles. The van der Waals surface area contributed by atoms with Crippen molar-refractivity contribution in [1.29, 1.82) is 5.26 Å². The second-order valence-electron chi connectivity index (χ2n) is 3.17. The molecular formula is C11H8N4O2. The maximum Gasteiger partial charge on any atom is 0.246 e. The summed E-state index contributed by atoms with van der Waals surface area (Å²) < 4.78 is 10.7. The second-order valence-corrected chi connectivity index (χ2v) is 3.17. The molecule has 6 nitrogen and oxygen atoms in total. The Balaban J connectivity index is 2.31. The summed E-state index contributed by atoms with van der Waals surface area (Å²) in [6.07, 6.45) is 0. The van der Waals surface area contributed by atoms with Crippen LogP contribution in [-0.4, -0.2) is 13.2 Å². The summed E-state index contributed by atoms with van der Waals surface area (Å²) >= 11 is 0. The van der Waals surface area contributed by atoms with Gasteiger partial charge >= 0.3 is 0 Å². The van der Waals surface area contributed by atoms with Gasteiger partial charge in [0.25, 0.3) is 0 Å². The van der Waals surface area contributed by atoms with Gasteiger partial charge in [0.2, 0.25) is 5.76 Å². The highest BCUT2D eigenvalue weighted by atomic mass is 16.5. The Morgan fingerprint density at radius 1 is 1.47 bits per heavy atom. The SMILES string of the molecule is N#Cc1oc2ccccc2c1OCCN=[N+]=[N-]. The van der Waals surface area contributed by atoms with Gasteiger partial charge in [-0.15, -0.1) is 0 Å². The quantitative estimate of drug-likeness (QED) is 0.348. The van der Waals surface area contributed by atoms with Gasteiger partial charge < -0.3 is 9.15 Å². The first-order valence-corrected chi connectivity index (χ1v) is 4.92. The lowest BCUT2D eigenvalue weighted by Gasteiger charge is -2.01. The van der Waals surface area contributed by atoms with E-state index in [-0.39, 0.29) is 18.9 Å². The Kier molecular flexibility index (Phi) is 3.15. The Hall–Kier alpha value is -2.64. The van der Waals surface area contributed by atoms with Crippen molar-refractivity contribution in [3.05, 3.63) is 40.5 Å². The molecule has 0 bridgehead atoms. The number of nitrogens with zero attached hydrogens (tertiary/aromatic N) is 4. The number of benzene rings is 1. The molecule has 0 aliphatic carbocycles.